The number of thiophene rings is 1. The van der Waals surface area contributed by atoms with Crippen molar-refractivity contribution in [2.45, 2.75) is 20.4 Å². The van der Waals surface area contributed by atoms with E-state index in [1.165, 1.54) is 18.4 Å². The third-order valence-corrected chi connectivity index (χ3v) is 7.37. The number of thiocarbonyl (C=S) groups is 1. The zero-order chi connectivity index (χ0) is 23.7. The molecule has 0 unspecified atom stereocenters. The van der Waals surface area contributed by atoms with E-state index in [-0.39, 0.29) is 0 Å². The molecule has 2 aromatic heterocycles. The van der Waals surface area contributed by atoms with E-state index >= 15 is 0 Å². The van der Waals surface area contributed by atoms with Crippen LogP contribution in [-0.4, -0.2) is 28.0 Å². The lowest BCUT2D eigenvalue weighted by atomic mass is 10.2. The molecule has 2 aromatic carbocycles. The van der Waals surface area contributed by atoms with Crippen molar-refractivity contribution in [1.82, 2.24) is 9.78 Å². The second-order valence-corrected chi connectivity index (χ2v) is 9.57. The number of fused-ring (bicyclic) bond motifs is 1. The molecule has 0 bridgehead atoms. The van der Waals surface area contributed by atoms with Crippen LogP contribution in [0.3, 0.4) is 0 Å². The van der Waals surface area contributed by atoms with Gasteiger partial charge in [0.15, 0.2) is 5.11 Å². The van der Waals surface area contributed by atoms with E-state index in [2.05, 4.69) is 15.7 Å². The number of nitrogens with zero attached hydrogens (tertiary/aromatic N) is 2. The zero-order valence-corrected chi connectivity index (χ0v) is 21.2. The minimum Gasteiger partial charge on any atom is -0.465 e. The van der Waals surface area contributed by atoms with Crippen molar-refractivity contribution >= 4 is 79.3 Å². The number of hydrogen-bond donors (Lipinski definition) is 2. The van der Waals surface area contributed by atoms with Crippen molar-refractivity contribution in [3.8, 4) is 0 Å². The summed E-state index contributed by atoms with van der Waals surface area (Å²) in [5.41, 5.74) is 4.37. The van der Waals surface area contributed by atoms with Crippen LogP contribution >= 0.6 is 46.8 Å². The van der Waals surface area contributed by atoms with E-state index in [0.29, 0.717) is 26.6 Å². The maximum absolute atomic E-state index is 11.9. The molecule has 2 N–H and O–H groups in total. The summed E-state index contributed by atoms with van der Waals surface area (Å²) in [7, 11) is 1.33. The molecule has 0 fully saturated rings. The number of ether oxygens (including phenoxy) is 1. The number of esters is 1. The Kier molecular flexibility index (Phi) is 6.90. The smallest absolute Gasteiger partial charge is 0.349 e. The van der Waals surface area contributed by atoms with E-state index in [1.807, 2.05) is 61.0 Å². The van der Waals surface area contributed by atoms with Gasteiger partial charge in [-0.05, 0) is 55.9 Å². The number of aromatic nitrogens is 2. The summed E-state index contributed by atoms with van der Waals surface area (Å²) in [6.07, 6.45) is 0. The van der Waals surface area contributed by atoms with Gasteiger partial charge in [-0.3, -0.25) is 4.68 Å². The predicted molar refractivity (Wildman–Crippen MR) is 140 cm³/mol. The summed E-state index contributed by atoms with van der Waals surface area (Å²) < 4.78 is 7.55. The monoisotopic (exact) mass is 518 g/mol. The van der Waals surface area contributed by atoms with Gasteiger partial charge in [-0.25, -0.2) is 4.79 Å². The molecule has 10 heteroatoms. The van der Waals surface area contributed by atoms with Gasteiger partial charge in [0.1, 0.15) is 4.88 Å². The molecule has 0 spiro atoms. The lowest BCUT2D eigenvalue weighted by Gasteiger charge is -2.12. The topological polar surface area (TPSA) is 68.2 Å². The molecule has 170 valence electrons. The zero-order valence-electron chi connectivity index (χ0n) is 18.0. The van der Waals surface area contributed by atoms with Gasteiger partial charge in [-0.2, -0.15) is 5.10 Å². The van der Waals surface area contributed by atoms with E-state index in [4.69, 9.17) is 40.2 Å². The second kappa shape index (κ2) is 9.69. The Morgan fingerprint density at radius 3 is 2.67 bits per heavy atom. The Morgan fingerprint density at radius 2 is 1.94 bits per heavy atom. The van der Waals surface area contributed by atoms with E-state index in [9.17, 15) is 4.79 Å². The fourth-order valence-corrected chi connectivity index (χ4v) is 5.34. The SMILES string of the molecule is COC(=O)c1sc2cc(NC(=S)Nc3c(C)nn(Cc4ccccc4Cl)c3C)ccc2c1Cl. The number of aryl methyl sites for hydroxylation is 1. The van der Waals surface area contributed by atoms with Gasteiger partial charge in [0, 0.05) is 20.8 Å². The quantitative estimate of drug-likeness (QED) is 0.227. The van der Waals surface area contributed by atoms with E-state index in [0.717, 1.165) is 38.4 Å². The Morgan fingerprint density at radius 1 is 1.18 bits per heavy atom. The van der Waals surface area contributed by atoms with Gasteiger partial charge < -0.3 is 15.4 Å². The Balaban J connectivity index is 1.51. The molecule has 0 aliphatic heterocycles. The van der Waals surface area contributed by atoms with Crippen LogP contribution in [0.15, 0.2) is 42.5 Å². The van der Waals surface area contributed by atoms with Crippen LogP contribution in [0.2, 0.25) is 10.0 Å². The number of methoxy groups -OCH3 is 1. The molecule has 4 aromatic rings. The molecule has 0 radical (unpaired) electrons. The maximum atomic E-state index is 11.9. The highest BCUT2D eigenvalue weighted by Gasteiger charge is 2.18. The Hall–Kier alpha value is -2.65. The van der Waals surface area contributed by atoms with Crippen LogP contribution < -0.4 is 10.6 Å². The second-order valence-electron chi connectivity index (χ2n) is 7.32. The summed E-state index contributed by atoms with van der Waals surface area (Å²) >= 11 is 19.5. The first-order chi connectivity index (χ1) is 15.8. The first-order valence-corrected chi connectivity index (χ1v) is 11.9. The average Bonchev–Trinajstić information content (AvgIpc) is 3.25. The van der Waals surface area contributed by atoms with Crippen molar-refractivity contribution in [3.63, 3.8) is 0 Å². The first kappa shape index (κ1) is 23.5. The molecule has 4 rings (SSSR count). The Labute approximate surface area is 210 Å². The number of carbonyl (C=O) groups excluding carboxylic acids is 1. The minimum atomic E-state index is -0.451. The van der Waals surface area contributed by atoms with Crippen molar-refractivity contribution in [1.29, 1.82) is 0 Å². The third-order valence-electron chi connectivity index (χ3n) is 5.16. The van der Waals surface area contributed by atoms with Crippen molar-refractivity contribution in [2.24, 2.45) is 0 Å². The number of rotatable bonds is 5. The highest BCUT2D eigenvalue weighted by atomic mass is 35.5. The molecular formula is C23H20Cl2N4O2S2. The van der Waals surface area contributed by atoms with Gasteiger partial charge in [-0.15, -0.1) is 11.3 Å². The highest BCUT2D eigenvalue weighted by molar-refractivity contribution is 7.80. The summed E-state index contributed by atoms with van der Waals surface area (Å²) in [5.74, 6) is -0.451. The molecule has 2 heterocycles. The lowest BCUT2D eigenvalue weighted by molar-refractivity contribution is 0.0606. The van der Waals surface area contributed by atoms with E-state index < -0.39 is 5.97 Å². The fraction of sp³-hybridized carbons (Fsp3) is 0.174. The first-order valence-electron chi connectivity index (χ1n) is 9.94. The van der Waals surface area contributed by atoms with Gasteiger partial charge in [-0.1, -0.05) is 41.4 Å². The van der Waals surface area contributed by atoms with Crippen molar-refractivity contribution < 1.29 is 9.53 Å². The molecule has 0 saturated carbocycles. The van der Waals surface area contributed by atoms with Crippen LogP contribution in [0.5, 0.6) is 0 Å². The van der Waals surface area contributed by atoms with Gasteiger partial charge in [0.25, 0.3) is 0 Å². The van der Waals surface area contributed by atoms with Crippen LogP contribution in [0.1, 0.15) is 26.6 Å². The van der Waals surface area contributed by atoms with Crippen LogP contribution in [0.25, 0.3) is 10.1 Å². The number of benzene rings is 2. The lowest BCUT2D eigenvalue weighted by Crippen LogP contribution is -2.20. The molecular weight excluding hydrogens is 499 g/mol. The van der Waals surface area contributed by atoms with Crippen LogP contribution in [-0.2, 0) is 11.3 Å². The molecule has 6 nitrogen and oxygen atoms in total. The molecule has 33 heavy (non-hydrogen) atoms. The molecule has 0 amide bonds. The fourth-order valence-electron chi connectivity index (χ4n) is 3.46. The number of nitrogens with one attached hydrogen (secondary N) is 2. The Bertz CT molecular complexity index is 1380. The normalized spacial score (nSPS) is 10.9. The molecule has 0 atom stereocenters. The standard InChI is InChI=1S/C23H20Cl2N4O2S2/c1-12-20(13(2)29(28-12)11-14-6-4-5-7-17(14)24)27-23(32)26-15-8-9-16-18(10-15)33-21(19(16)25)22(30)31-3/h4-10H,11H2,1-3H3,(H2,26,27,32). The van der Waals surface area contributed by atoms with Gasteiger partial charge in [0.2, 0.25) is 0 Å². The summed E-state index contributed by atoms with van der Waals surface area (Å²) in [6, 6.07) is 13.3. The summed E-state index contributed by atoms with van der Waals surface area (Å²) in [5, 5.41) is 13.4. The molecule has 0 aliphatic rings. The summed E-state index contributed by atoms with van der Waals surface area (Å²) in [6.45, 7) is 4.47. The predicted octanol–water partition coefficient (Wildman–Crippen LogP) is 6.67. The van der Waals surface area contributed by atoms with Crippen molar-refractivity contribution in [2.75, 3.05) is 17.7 Å². The van der Waals surface area contributed by atoms with E-state index in [1.54, 1.807) is 0 Å². The molecule has 0 saturated heterocycles. The molecule has 0 aliphatic carbocycles. The third kappa shape index (κ3) is 4.84. The van der Waals surface area contributed by atoms with Crippen LogP contribution in [0.4, 0.5) is 11.4 Å². The van der Waals surface area contributed by atoms with Gasteiger partial charge >= 0.3 is 5.97 Å². The average molecular weight is 519 g/mol. The van der Waals surface area contributed by atoms with Gasteiger partial charge in [0.05, 0.1) is 35.8 Å². The number of halogens is 2. The summed E-state index contributed by atoms with van der Waals surface area (Å²) in [4.78, 5) is 12.3. The van der Waals surface area contributed by atoms with Crippen molar-refractivity contribution in [3.05, 3.63) is 74.3 Å². The number of carbonyl (C=O) groups is 1. The highest BCUT2D eigenvalue weighted by Crippen LogP contribution is 2.37. The minimum absolute atomic E-state index is 0.379. The number of anilines is 2. The number of hydrogen-bond acceptors (Lipinski definition) is 5. The largest absolute Gasteiger partial charge is 0.465 e. The van der Waals surface area contributed by atoms with Crippen LogP contribution in [0, 0.1) is 13.8 Å². The maximum Gasteiger partial charge on any atom is 0.349 e.